The van der Waals surface area contributed by atoms with Crippen LogP contribution < -0.4 is 5.73 Å². The minimum Gasteiger partial charge on any atom is -0.369 e. The summed E-state index contributed by atoms with van der Waals surface area (Å²) in [5.41, 5.74) is 9.45. The summed E-state index contributed by atoms with van der Waals surface area (Å²) >= 11 is 1.85. The van der Waals surface area contributed by atoms with E-state index in [1.165, 1.54) is 5.56 Å². The minimum absolute atomic E-state index is 0.428. The van der Waals surface area contributed by atoms with Crippen molar-refractivity contribution in [3.8, 4) is 0 Å². The third-order valence-corrected chi connectivity index (χ3v) is 3.86. The second-order valence-electron chi connectivity index (χ2n) is 4.30. The van der Waals surface area contributed by atoms with Crippen LogP contribution in [0.15, 0.2) is 18.2 Å². The van der Waals surface area contributed by atoms with Crippen LogP contribution in [0.5, 0.6) is 0 Å². The van der Waals surface area contributed by atoms with Gasteiger partial charge in [-0.25, -0.2) is 4.98 Å². The molecule has 0 radical (unpaired) electrons. The van der Waals surface area contributed by atoms with Crippen molar-refractivity contribution in [2.75, 3.05) is 17.7 Å². The van der Waals surface area contributed by atoms with Gasteiger partial charge in [-0.2, -0.15) is 11.8 Å². The number of benzene rings is 1. The molecular formula is C13H19N3S. The fourth-order valence-electron chi connectivity index (χ4n) is 2.23. The Hall–Kier alpha value is -1.16. The van der Waals surface area contributed by atoms with Gasteiger partial charge in [-0.3, -0.25) is 0 Å². The largest absolute Gasteiger partial charge is 0.369 e. The summed E-state index contributed by atoms with van der Waals surface area (Å²) in [6, 6.07) is 6.68. The average Bonchev–Trinajstić information content (AvgIpc) is 2.64. The van der Waals surface area contributed by atoms with E-state index in [9.17, 15) is 0 Å². The highest BCUT2D eigenvalue weighted by Gasteiger charge is 2.16. The van der Waals surface area contributed by atoms with Gasteiger partial charge in [0.2, 0.25) is 5.95 Å². The molecule has 0 aliphatic heterocycles. The standard InChI is InChI=1S/C13H19N3S/c1-4-10(8-17-3)16-11-7-5-6-9(2)12(11)15-13(16)14/h5-7,10H,4,8H2,1-3H3,(H2,14,15). The van der Waals surface area contributed by atoms with Crippen molar-refractivity contribution < 1.29 is 0 Å². The van der Waals surface area contributed by atoms with Gasteiger partial charge >= 0.3 is 0 Å². The van der Waals surface area contributed by atoms with Gasteiger partial charge < -0.3 is 10.3 Å². The van der Waals surface area contributed by atoms with Crippen LogP contribution in [0.1, 0.15) is 24.9 Å². The molecule has 0 saturated carbocycles. The van der Waals surface area contributed by atoms with Crippen LogP contribution in [0, 0.1) is 6.92 Å². The third-order valence-electron chi connectivity index (χ3n) is 3.14. The zero-order valence-electron chi connectivity index (χ0n) is 10.6. The third kappa shape index (κ3) is 2.14. The maximum atomic E-state index is 6.07. The van der Waals surface area contributed by atoms with E-state index in [1.807, 2.05) is 11.8 Å². The molecule has 4 heteroatoms. The van der Waals surface area contributed by atoms with Crippen molar-refractivity contribution in [3.63, 3.8) is 0 Å². The highest BCUT2D eigenvalue weighted by Crippen LogP contribution is 2.28. The summed E-state index contributed by atoms with van der Waals surface area (Å²) in [4.78, 5) is 4.50. The number of nitrogens with two attached hydrogens (primary N) is 1. The van der Waals surface area contributed by atoms with Crippen molar-refractivity contribution in [2.45, 2.75) is 26.3 Å². The lowest BCUT2D eigenvalue weighted by Gasteiger charge is -2.17. The molecule has 2 rings (SSSR count). The Kier molecular flexibility index (Phi) is 3.62. The number of hydrogen-bond donors (Lipinski definition) is 1. The van der Waals surface area contributed by atoms with Gasteiger partial charge in [0.25, 0.3) is 0 Å². The first kappa shape index (κ1) is 12.3. The van der Waals surface area contributed by atoms with Gasteiger partial charge in [0.05, 0.1) is 11.0 Å². The molecule has 17 heavy (non-hydrogen) atoms. The fraction of sp³-hybridized carbons (Fsp3) is 0.462. The van der Waals surface area contributed by atoms with E-state index in [0.717, 1.165) is 23.2 Å². The number of nitrogen functional groups attached to an aromatic ring is 1. The monoisotopic (exact) mass is 249 g/mol. The van der Waals surface area contributed by atoms with Crippen molar-refractivity contribution in [1.82, 2.24) is 9.55 Å². The van der Waals surface area contributed by atoms with Gasteiger partial charge in [0.15, 0.2) is 0 Å². The first-order valence-corrected chi connectivity index (χ1v) is 7.30. The molecule has 0 spiro atoms. The molecule has 1 atom stereocenters. The summed E-state index contributed by atoms with van der Waals surface area (Å²) in [5, 5.41) is 0. The predicted molar refractivity (Wildman–Crippen MR) is 76.6 cm³/mol. The van der Waals surface area contributed by atoms with Gasteiger partial charge in [-0.05, 0) is 31.2 Å². The SMILES string of the molecule is CCC(CSC)n1c(N)nc2c(C)cccc21. The van der Waals surface area contributed by atoms with Crippen LogP contribution in [-0.2, 0) is 0 Å². The minimum atomic E-state index is 0.428. The van der Waals surface area contributed by atoms with Crippen molar-refractivity contribution >= 4 is 28.7 Å². The van der Waals surface area contributed by atoms with E-state index in [2.05, 4.69) is 47.9 Å². The van der Waals surface area contributed by atoms with Gasteiger partial charge in [0.1, 0.15) is 0 Å². The van der Waals surface area contributed by atoms with Crippen LogP contribution >= 0.6 is 11.8 Å². The molecule has 3 nitrogen and oxygen atoms in total. The second-order valence-corrected chi connectivity index (χ2v) is 5.21. The van der Waals surface area contributed by atoms with Crippen LogP contribution in [0.25, 0.3) is 11.0 Å². The first-order chi connectivity index (χ1) is 8.19. The summed E-state index contributed by atoms with van der Waals surface area (Å²) < 4.78 is 2.18. The number of para-hydroxylation sites is 1. The zero-order chi connectivity index (χ0) is 12.4. The lowest BCUT2D eigenvalue weighted by Crippen LogP contribution is -2.13. The van der Waals surface area contributed by atoms with Crippen molar-refractivity contribution in [3.05, 3.63) is 23.8 Å². The molecule has 0 aliphatic rings. The van der Waals surface area contributed by atoms with Gasteiger partial charge in [-0.15, -0.1) is 0 Å². The smallest absolute Gasteiger partial charge is 0.201 e. The van der Waals surface area contributed by atoms with Gasteiger partial charge in [-0.1, -0.05) is 19.1 Å². The Morgan fingerprint density at radius 1 is 1.47 bits per heavy atom. The number of aryl methyl sites for hydroxylation is 1. The lowest BCUT2D eigenvalue weighted by atomic mass is 10.2. The molecule has 0 aliphatic carbocycles. The fourth-order valence-corrected chi connectivity index (χ4v) is 3.00. The molecule has 2 N–H and O–H groups in total. The molecule has 1 heterocycles. The van der Waals surface area contributed by atoms with E-state index >= 15 is 0 Å². The van der Waals surface area contributed by atoms with Crippen LogP contribution in [0.4, 0.5) is 5.95 Å². The highest BCUT2D eigenvalue weighted by molar-refractivity contribution is 7.98. The lowest BCUT2D eigenvalue weighted by molar-refractivity contribution is 0.561. The Morgan fingerprint density at radius 2 is 2.24 bits per heavy atom. The summed E-state index contributed by atoms with van der Waals surface area (Å²) in [6.07, 6.45) is 3.20. The number of imidazole rings is 1. The molecule has 0 bridgehead atoms. The highest BCUT2D eigenvalue weighted by atomic mass is 32.2. The number of fused-ring (bicyclic) bond motifs is 1. The number of aromatic nitrogens is 2. The van der Waals surface area contributed by atoms with Crippen molar-refractivity contribution in [1.29, 1.82) is 0 Å². The maximum absolute atomic E-state index is 6.07. The molecule has 1 aromatic carbocycles. The van der Waals surface area contributed by atoms with Crippen LogP contribution in [0.3, 0.4) is 0 Å². The van der Waals surface area contributed by atoms with Gasteiger partial charge in [0, 0.05) is 11.8 Å². The molecule has 1 unspecified atom stereocenters. The molecule has 92 valence electrons. The zero-order valence-corrected chi connectivity index (χ0v) is 11.4. The topological polar surface area (TPSA) is 43.8 Å². The van der Waals surface area contributed by atoms with E-state index in [0.29, 0.717) is 12.0 Å². The van der Waals surface area contributed by atoms with E-state index < -0.39 is 0 Å². The molecular weight excluding hydrogens is 230 g/mol. The maximum Gasteiger partial charge on any atom is 0.201 e. The summed E-state index contributed by atoms with van der Waals surface area (Å²) in [7, 11) is 0. The molecule has 1 aromatic heterocycles. The average molecular weight is 249 g/mol. The molecule has 0 fully saturated rings. The predicted octanol–water partition coefficient (Wildman–Crippen LogP) is 3.24. The molecule has 2 aromatic rings. The Bertz CT molecular complexity index is 519. The number of thioether (sulfide) groups is 1. The molecule has 0 amide bonds. The quantitative estimate of drug-likeness (QED) is 0.904. The normalized spacial score (nSPS) is 13.1. The van der Waals surface area contributed by atoms with Crippen LogP contribution in [-0.4, -0.2) is 21.6 Å². The number of rotatable bonds is 4. The molecule has 0 saturated heterocycles. The Balaban J connectivity index is 2.59. The summed E-state index contributed by atoms with van der Waals surface area (Å²) in [5.74, 6) is 1.70. The van der Waals surface area contributed by atoms with Crippen molar-refractivity contribution in [2.24, 2.45) is 0 Å². The Morgan fingerprint density at radius 3 is 2.88 bits per heavy atom. The van der Waals surface area contributed by atoms with E-state index in [4.69, 9.17) is 5.73 Å². The second kappa shape index (κ2) is 5.00. The van der Waals surface area contributed by atoms with Crippen LogP contribution in [0.2, 0.25) is 0 Å². The number of anilines is 1. The summed E-state index contributed by atoms with van der Waals surface area (Å²) in [6.45, 7) is 4.27. The first-order valence-electron chi connectivity index (χ1n) is 5.91. The van der Waals surface area contributed by atoms with E-state index in [-0.39, 0.29) is 0 Å². The Labute approximate surface area is 106 Å². The number of hydrogen-bond acceptors (Lipinski definition) is 3. The van der Waals surface area contributed by atoms with E-state index in [1.54, 1.807) is 0 Å². The number of nitrogens with zero attached hydrogens (tertiary/aromatic N) is 2.